The molecule has 1 rings (SSSR count). The number of methoxy groups -OCH3 is 1. The highest BCUT2D eigenvalue weighted by Gasteiger charge is 2.78. The van der Waals surface area contributed by atoms with Crippen LogP contribution in [0.4, 0.5) is 52.7 Å². The van der Waals surface area contributed by atoms with E-state index in [0.29, 0.717) is 7.11 Å². The first-order valence-corrected chi connectivity index (χ1v) is 7.39. The Labute approximate surface area is 149 Å². The van der Waals surface area contributed by atoms with E-state index in [2.05, 4.69) is 4.74 Å². The van der Waals surface area contributed by atoms with Crippen LogP contribution in [0.3, 0.4) is 0 Å². The van der Waals surface area contributed by atoms with Gasteiger partial charge in [0.25, 0.3) is 11.2 Å². The van der Waals surface area contributed by atoms with Crippen LogP contribution in [0.25, 0.3) is 0 Å². The lowest BCUT2D eigenvalue weighted by Gasteiger charge is -2.48. The van der Waals surface area contributed by atoms with Gasteiger partial charge in [-0.25, -0.2) is 0 Å². The predicted octanol–water partition coefficient (Wildman–Crippen LogP) is 4.13. The topological polar surface area (TPSA) is 49.7 Å². The van der Waals surface area contributed by atoms with Gasteiger partial charge in [0.05, 0.1) is 6.10 Å². The van der Waals surface area contributed by atoms with E-state index >= 15 is 0 Å². The van der Waals surface area contributed by atoms with Crippen molar-refractivity contribution in [1.82, 2.24) is 0 Å². The highest BCUT2D eigenvalue weighted by molar-refractivity contribution is 5.08. The van der Waals surface area contributed by atoms with Crippen LogP contribution in [0.1, 0.15) is 19.3 Å². The Morgan fingerprint density at radius 1 is 0.571 bits per heavy atom. The lowest BCUT2D eigenvalue weighted by molar-refractivity contribution is -0.405. The first-order valence-electron chi connectivity index (χ1n) is 7.39. The van der Waals surface area contributed by atoms with Crippen molar-refractivity contribution in [1.29, 1.82) is 0 Å². The van der Waals surface area contributed by atoms with E-state index in [1.54, 1.807) is 0 Å². The molecule has 1 saturated carbocycles. The fourth-order valence-electron chi connectivity index (χ4n) is 3.39. The standard InChI is InChI=1S/C13H14F12O3/c1-28-7-3-5(8(26,10(14,15)16)11(17,18)19)2-6(4-7)9(27,12(20,21)22)13(23,24)25/h5-7,26-27H,2-4H2,1H3. The monoisotopic (exact) mass is 446 g/mol. The van der Waals surface area contributed by atoms with Gasteiger partial charge in [-0.1, -0.05) is 0 Å². The van der Waals surface area contributed by atoms with E-state index < -0.39 is 73.1 Å². The van der Waals surface area contributed by atoms with Gasteiger partial charge < -0.3 is 14.9 Å². The minimum Gasteiger partial charge on any atom is -0.381 e. The number of aliphatic hydroxyl groups is 2. The maximum Gasteiger partial charge on any atom is 0.426 e. The molecule has 0 amide bonds. The van der Waals surface area contributed by atoms with Crippen LogP contribution in [-0.2, 0) is 4.74 Å². The molecule has 1 aliphatic carbocycles. The summed E-state index contributed by atoms with van der Waals surface area (Å²) < 4.78 is 160. The largest absolute Gasteiger partial charge is 0.426 e. The second-order valence-electron chi connectivity index (χ2n) is 6.48. The third-order valence-corrected chi connectivity index (χ3v) is 4.91. The molecule has 28 heavy (non-hydrogen) atoms. The summed E-state index contributed by atoms with van der Waals surface area (Å²) in [6.07, 6.45) is -32.6. The van der Waals surface area contributed by atoms with Gasteiger partial charge in [-0.3, -0.25) is 0 Å². The lowest BCUT2D eigenvalue weighted by atomic mass is 9.65. The molecule has 0 heterocycles. The Morgan fingerprint density at radius 3 is 1.00 bits per heavy atom. The highest BCUT2D eigenvalue weighted by atomic mass is 19.4. The first-order chi connectivity index (χ1) is 12.1. The summed E-state index contributed by atoms with van der Waals surface area (Å²) in [5, 5.41) is 18.7. The Kier molecular flexibility index (Phi) is 6.34. The van der Waals surface area contributed by atoms with Crippen molar-refractivity contribution in [3.63, 3.8) is 0 Å². The average molecular weight is 446 g/mol. The predicted molar refractivity (Wildman–Crippen MR) is 65.7 cm³/mol. The van der Waals surface area contributed by atoms with Crippen molar-refractivity contribution in [3.05, 3.63) is 0 Å². The summed E-state index contributed by atoms with van der Waals surface area (Å²) in [6, 6.07) is 0. The van der Waals surface area contributed by atoms with E-state index in [4.69, 9.17) is 0 Å². The van der Waals surface area contributed by atoms with Crippen LogP contribution in [0.15, 0.2) is 0 Å². The molecule has 168 valence electrons. The minimum atomic E-state index is -6.47. The lowest BCUT2D eigenvalue weighted by Crippen LogP contribution is -2.67. The van der Waals surface area contributed by atoms with Gasteiger partial charge >= 0.3 is 24.7 Å². The molecule has 3 nitrogen and oxygen atoms in total. The van der Waals surface area contributed by atoms with Gasteiger partial charge in [0, 0.05) is 18.9 Å². The molecule has 0 saturated heterocycles. The van der Waals surface area contributed by atoms with Gasteiger partial charge in [-0.15, -0.1) is 0 Å². The van der Waals surface area contributed by atoms with E-state index in [0.717, 1.165) is 0 Å². The van der Waals surface area contributed by atoms with Gasteiger partial charge in [-0.05, 0) is 19.3 Å². The first kappa shape index (κ1) is 25.1. The van der Waals surface area contributed by atoms with E-state index in [-0.39, 0.29) is 0 Å². The summed E-state index contributed by atoms with van der Waals surface area (Å²) in [5.41, 5.74) is -11.2. The molecule has 0 aliphatic heterocycles. The van der Waals surface area contributed by atoms with Crippen LogP contribution < -0.4 is 0 Å². The van der Waals surface area contributed by atoms with Crippen molar-refractivity contribution in [2.75, 3.05) is 7.11 Å². The molecule has 2 N–H and O–H groups in total. The second-order valence-corrected chi connectivity index (χ2v) is 6.48. The number of hydrogen-bond donors (Lipinski definition) is 2. The fraction of sp³-hybridized carbons (Fsp3) is 1.00. The van der Waals surface area contributed by atoms with Crippen molar-refractivity contribution in [2.24, 2.45) is 11.8 Å². The number of rotatable bonds is 3. The molecule has 0 aromatic rings. The highest BCUT2D eigenvalue weighted by Crippen LogP contribution is 2.57. The SMILES string of the molecule is COC1CC(C(O)(C(F)(F)F)C(F)(F)F)CC(C(O)(C(F)(F)F)C(F)(F)F)C1. The maximum absolute atomic E-state index is 13.0. The van der Waals surface area contributed by atoms with Gasteiger partial charge in [-0.2, -0.15) is 52.7 Å². The normalized spacial score (nSPS) is 26.5. The Hall–Kier alpha value is -0.960. The second kappa shape index (κ2) is 7.07. The van der Waals surface area contributed by atoms with Crippen molar-refractivity contribution in [3.8, 4) is 0 Å². The van der Waals surface area contributed by atoms with E-state index in [9.17, 15) is 62.9 Å². The summed E-state index contributed by atoms with van der Waals surface area (Å²) >= 11 is 0. The Morgan fingerprint density at radius 2 is 0.821 bits per heavy atom. The number of halogens is 12. The molecule has 0 aromatic heterocycles. The minimum absolute atomic E-state index is 0.643. The zero-order valence-corrected chi connectivity index (χ0v) is 13.7. The van der Waals surface area contributed by atoms with Crippen LogP contribution in [0.5, 0.6) is 0 Å². The molecule has 2 atom stereocenters. The third kappa shape index (κ3) is 3.88. The molecule has 1 fully saturated rings. The maximum atomic E-state index is 13.0. The van der Waals surface area contributed by atoms with Crippen molar-refractivity contribution >= 4 is 0 Å². The van der Waals surface area contributed by atoms with Crippen molar-refractivity contribution < 1.29 is 67.6 Å². The van der Waals surface area contributed by atoms with Gasteiger partial charge in [0.15, 0.2) is 0 Å². The molecular weight excluding hydrogens is 432 g/mol. The summed E-state index contributed by atoms with van der Waals surface area (Å²) in [6.45, 7) is 0. The smallest absolute Gasteiger partial charge is 0.381 e. The zero-order chi connectivity index (χ0) is 22.6. The third-order valence-electron chi connectivity index (χ3n) is 4.91. The molecule has 0 aromatic carbocycles. The van der Waals surface area contributed by atoms with Crippen LogP contribution in [0.2, 0.25) is 0 Å². The molecule has 0 bridgehead atoms. The van der Waals surface area contributed by atoms with Gasteiger partial charge in [0.1, 0.15) is 0 Å². The Bertz CT molecular complexity index is 473. The van der Waals surface area contributed by atoms with Crippen LogP contribution in [0, 0.1) is 11.8 Å². The molecule has 2 unspecified atom stereocenters. The summed E-state index contributed by atoms with van der Waals surface area (Å²) in [5.74, 6) is -6.38. The van der Waals surface area contributed by atoms with Gasteiger partial charge in [0.2, 0.25) is 0 Å². The molecular formula is C13H14F12O3. The number of hydrogen-bond acceptors (Lipinski definition) is 3. The molecule has 15 heteroatoms. The Balaban J connectivity index is 3.56. The van der Waals surface area contributed by atoms with E-state index in [1.165, 1.54) is 0 Å². The number of ether oxygens (including phenoxy) is 1. The van der Waals surface area contributed by atoms with Crippen molar-refractivity contribution in [2.45, 2.75) is 61.3 Å². The number of alkyl halides is 12. The van der Waals surface area contributed by atoms with Crippen LogP contribution in [-0.4, -0.2) is 59.3 Å². The molecule has 0 spiro atoms. The quantitative estimate of drug-likeness (QED) is 0.642. The molecule has 1 aliphatic rings. The average Bonchev–Trinajstić information content (AvgIpc) is 2.48. The van der Waals surface area contributed by atoms with E-state index in [1.807, 2.05) is 0 Å². The fourth-order valence-corrected chi connectivity index (χ4v) is 3.39. The van der Waals surface area contributed by atoms with Crippen LogP contribution >= 0.6 is 0 Å². The summed E-state index contributed by atoms with van der Waals surface area (Å²) in [4.78, 5) is 0. The molecule has 0 radical (unpaired) electrons. The summed E-state index contributed by atoms with van der Waals surface area (Å²) in [7, 11) is 0.643. The zero-order valence-electron chi connectivity index (χ0n) is 13.7.